The lowest BCUT2D eigenvalue weighted by Gasteiger charge is -2.27. The summed E-state index contributed by atoms with van der Waals surface area (Å²) in [6.45, 7) is 4.58. The molecule has 25 heavy (non-hydrogen) atoms. The van der Waals surface area contributed by atoms with Gasteiger partial charge < -0.3 is 15.0 Å². The average Bonchev–Trinajstić information content (AvgIpc) is 3.08. The predicted molar refractivity (Wildman–Crippen MR) is 94.1 cm³/mol. The molecule has 0 radical (unpaired) electrons. The lowest BCUT2D eigenvalue weighted by molar-refractivity contribution is -0.133. The Morgan fingerprint density at radius 2 is 2.20 bits per heavy atom. The third kappa shape index (κ3) is 4.72. The first-order chi connectivity index (χ1) is 12.0. The Balaban J connectivity index is 2.15. The molecule has 6 heteroatoms. The maximum absolute atomic E-state index is 12.9. The van der Waals surface area contributed by atoms with Crippen molar-refractivity contribution in [2.75, 3.05) is 13.7 Å². The zero-order valence-corrected chi connectivity index (χ0v) is 15.0. The molecule has 0 aromatic heterocycles. The maximum atomic E-state index is 12.9. The van der Waals surface area contributed by atoms with E-state index >= 15 is 0 Å². The molecule has 1 aliphatic rings. The van der Waals surface area contributed by atoms with Gasteiger partial charge in [0.25, 0.3) is 5.91 Å². The van der Waals surface area contributed by atoms with Crippen LogP contribution in [0.2, 0.25) is 0 Å². The Hall–Kier alpha value is -2.55. The van der Waals surface area contributed by atoms with Crippen molar-refractivity contribution in [1.82, 2.24) is 10.2 Å². The van der Waals surface area contributed by atoms with Gasteiger partial charge in [-0.15, -0.1) is 0 Å². The highest BCUT2D eigenvalue weighted by molar-refractivity contribution is 5.98. The first kappa shape index (κ1) is 18.8. The van der Waals surface area contributed by atoms with E-state index in [1.54, 1.807) is 29.2 Å². The molecule has 0 bridgehead atoms. The summed E-state index contributed by atoms with van der Waals surface area (Å²) >= 11 is 0. The first-order valence-corrected chi connectivity index (χ1v) is 8.61. The largest absolute Gasteiger partial charge is 0.497 e. The van der Waals surface area contributed by atoms with Crippen LogP contribution in [0.25, 0.3) is 0 Å². The van der Waals surface area contributed by atoms with Gasteiger partial charge in [0.05, 0.1) is 13.2 Å². The van der Waals surface area contributed by atoms with E-state index in [1.165, 1.54) is 7.11 Å². The highest BCUT2D eigenvalue weighted by Crippen LogP contribution is 2.20. The van der Waals surface area contributed by atoms with Crippen LogP contribution in [0, 0.1) is 17.2 Å². The smallest absolute Gasteiger partial charge is 0.252 e. The molecule has 6 nitrogen and oxygen atoms in total. The molecule has 0 unspecified atom stereocenters. The van der Waals surface area contributed by atoms with Gasteiger partial charge in [-0.2, -0.15) is 5.26 Å². The number of amides is 2. The van der Waals surface area contributed by atoms with E-state index < -0.39 is 12.1 Å². The third-order valence-electron chi connectivity index (χ3n) is 4.33. The number of hydrogen-bond acceptors (Lipinski definition) is 4. The maximum Gasteiger partial charge on any atom is 0.252 e. The summed E-state index contributed by atoms with van der Waals surface area (Å²) in [5.41, 5.74) is 0.444. The van der Waals surface area contributed by atoms with Crippen LogP contribution in [0.5, 0.6) is 5.75 Å². The zero-order valence-electron chi connectivity index (χ0n) is 15.0. The van der Waals surface area contributed by atoms with Crippen LogP contribution >= 0.6 is 0 Å². The van der Waals surface area contributed by atoms with Gasteiger partial charge in [0.2, 0.25) is 5.91 Å². The summed E-state index contributed by atoms with van der Waals surface area (Å²) in [4.78, 5) is 27.0. The van der Waals surface area contributed by atoms with Crippen LogP contribution in [0.3, 0.4) is 0 Å². The number of nitrogens with one attached hydrogen (secondary N) is 1. The van der Waals surface area contributed by atoms with Gasteiger partial charge in [-0.05, 0) is 43.4 Å². The lowest BCUT2D eigenvalue weighted by atomic mass is 10.0. The van der Waals surface area contributed by atoms with Gasteiger partial charge in [0.15, 0.2) is 0 Å². The van der Waals surface area contributed by atoms with Gasteiger partial charge in [-0.3, -0.25) is 9.59 Å². The molecule has 1 aromatic rings. The monoisotopic (exact) mass is 343 g/mol. The fourth-order valence-corrected chi connectivity index (χ4v) is 3.06. The van der Waals surface area contributed by atoms with Crippen LogP contribution in [-0.4, -0.2) is 42.5 Å². The summed E-state index contributed by atoms with van der Waals surface area (Å²) in [6, 6.07) is 7.97. The van der Waals surface area contributed by atoms with Crippen molar-refractivity contribution in [1.29, 1.82) is 5.26 Å². The van der Waals surface area contributed by atoms with Crippen molar-refractivity contribution < 1.29 is 14.3 Å². The number of rotatable bonds is 6. The van der Waals surface area contributed by atoms with Crippen molar-refractivity contribution in [3.63, 3.8) is 0 Å². The number of methoxy groups -OCH3 is 1. The number of nitriles is 1. The van der Waals surface area contributed by atoms with Gasteiger partial charge >= 0.3 is 0 Å². The molecule has 1 fully saturated rings. The molecule has 0 saturated carbocycles. The van der Waals surface area contributed by atoms with Gasteiger partial charge in [-0.25, -0.2) is 0 Å². The van der Waals surface area contributed by atoms with Crippen LogP contribution in [0.4, 0.5) is 0 Å². The molecular formula is C19H25N3O3. The summed E-state index contributed by atoms with van der Waals surface area (Å²) in [6.07, 6.45) is 2.05. The number of ether oxygens (including phenoxy) is 1. The molecule has 2 amide bonds. The number of carbonyl (C=O) groups excluding carboxylic acids is 2. The minimum Gasteiger partial charge on any atom is -0.497 e. The molecular weight excluding hydrogens is 318 g/mol. The van der Waals surface area contributed by atoms with Crippen LogP contribution in [-0.2, 0) is 4.79 Å². The van der Waals surface area contributed by atoms with E-state index in [2.05, 4.69) is 11.4 Å². The van der Waals surface area contributed by atoms with E-state index in [9.17, 15) is 14.9 Å². The second kappa shape index (κ2) is 8.52. The van der Waals surface area contributed by atoms with E-state index in [0.717, 1.165) is 6.42 Å². The van der Waals surface area contributed by atoms with Crippen molar-refractivity contribution in [2.24, 2.45) is 5.92 Å². The second-order valence-electron chi connectivity index (χ2n) is 6.71. The third-order valence-corrected chi connectivity index (χ3v) is 4.33. The Labute approximate surface area is 148 Å². The normalized spacial score (nSPS) is 17.9. The Morgan fingerprint density at radius 1 is 1.44 bits per heavy atom. The fraction of sp³-hybridized carbons (Fsp3) is 0.526. The van der Waals surface area contributed by atoms with Crippen molar-refractivity contribution >= 4 is 11.8 Å². The molecule has 1 N–H and O–H groups in total. The number of benzene rings is 1. The number of hydrogen-bond donors (Lipinski definition) is 1. The van der Waals surface area contributed by atoms with Crippen LogP contribution in [0.1, 0.15) is 43.5 Å². The number of likely N-dealkylation sites (tertiary alicyclic amines) is 1. The quantitative estimate of drug-likeness (QED) is 0.859. The summed E-state index contributed by atoms with van der Waals surface area (Å²) in [7, 11) is 1.54. The topological polar surface area (TPSA) is 82.4 Å². The standard InChI is InChI=1S/C19H25N3O3/c1-13(2)10-17(19(24)22-9-5-7-15(22)12-20)21-18(23)14-6-4-8-16(11-14)25-3/h4,6,8,11,13,15,17H,5,7,9-10H2,1-3H3,(H,21,23)/t15-,17-/m0/s1. The van der Waals surface area contributed by atoms with Gasteiger partial charge in [-0.1, -0.05) is 19.9 Å². The van der Waals surface area contributed by atoms with Gasteiger partial charge in [0, 0.05) is 12.1 Å². The van der Waals surface area contributed by atoms with E-state index in [0.29, 0.717) is 30.7 Å². The van der Waals surface area contributed by atoms with Crippen LogP contribution in [0.15, 0.2) is 24.3 Å². The minimum absolute atomic E-state index is 0.172. The average molecular weight is 343 g/mol. The van der Waals surface area contributed by atoms with Crippen molar-refractivity contribution in [2.45, 2.75) is 45.2 Å². The summed E-state index contributed by atoms with van der Waals surface area (Å²) < 4.78 is 5.14. The Bertz CT molecular complexity index is 666. The SMILES string of the molecule is COc1cccc(C(=O)N[C@@H](CC(C)C)C(=O)N2CCC[C@H]2C#N)c1. The lowest BCUT2D eigenvalue weighted by Crippen LogP contribution is -2.50. The predicted octanol–water partition coefficient (Wildman–Crippen LogP) is 2.35. The van der Waals surface area contributed by atoms with Crippen LogP contribution < -0.4 is 10.1 Å². The first-order valence-electron chi connectivity index (χ1n) is 8.61. The molecule has 2 rings (SSSR count). The Kier molecular flexibility index (Phi) is 6.40. The minimum atomic E-state index is -0.632. The van der Waals surface area contributed by atoms with Gasteiger partial charge in [0.1, 0.15) is 17.8 Å². The second-order valence-corrected chi connectivity index (χ2v) is 6.71. The van der Waals surface area contributed by atoms with Crippen molar-refractivity contribution in [3.8, 4) is 11.8 Å². The zero-order chi connectivity index (χ0) is 18.4. The van der Waals surface area contributed by atoms with E-state index in [-0.39, 0.29) is 17.7 Å². The summed E-state index contributed by atoms with van der Waals surface area (Å²) in [5, 5.41) is 12.1. The molecule has 2 atom stereocenters. The Morgan fingerprint density at radius 3 is 2.84 bits per heavy atom. The highest BCUT2D eigenvalue weighted by Gasteiger charge is 2.34. The molecule has 1 aromatic carbocycles. The highest BCUT2D eigenvalue weighted by atomic mass is 16.5. The van der Waals surface area contributed by atoms with E-state index in [1.807, 2.05) is 13.8 Å². The molecule has 0 spiro atoms. The number of nitrogens with zero attached hydrogens (tertiary/aromatic N) is 2. The molecule has 0 aliphatic carbocycles. The van der Waals surface area contributed by atoms with Crippen molar-refractivity contribution in [3.05, 3.63) is 29.8 Å². The fourth-order valence-electron chi connectivity index (χ4n) is 3.06. The molecule has 1 heterocycles. The molecule has 1 aliphatic heterocycles. The summed E-state index contributed by atoms with van der Waals surface area (Å²) in [5.74, 6) is 0.339. The molecule has 1 saturated heterocycles. The number of carbonyl (C=O) groups is 2. The molecule has 134 valence electrons. The van der Waals surface area contributed by atoms with E-state index in [4.69, 9.17) is 4.74 Å².